The van der Waals surface area contributed by atoms with E-state index in [0.717, 1.165) is 38.9 Å². The number of furan rings is 1. The lowest BCUT2D eigenvalue weighted by molar-refractivity contribution is 0.667. The summed E-state index contributed by atoms with van der Waals surface area (Å²) in [7, 11) is 0. The van der Waals surface area contributed by atoms with Crippen LogP contribution in [0.15, 0.2) is 83.3 Å². The van der Waals surface area contributed by atoms with Crippen LogP contribution in [-0.4, -0.2) is 9.97 Å². The fourth-order valence-electron chi connectivity index (χ4n) is 3.21. The molecule has 26 heavy (non-hydrogen) atoms. The molecule has 0 aliphatic heterocycles. The van der Waals surface area contributed by atoms with Crippen LogP contribution >= 0.6 is 0 Å². The maximum Gasteiger partial charge on any atom is 0.180 e. The Bertz CT molecular complexity index is 1220. The molecule has 0 atom stereocenters. The summed E-state index contributed by atoms with van der Waals surface area (Å²) in [5.41, 5.74) is 6.47. The minimum Gasteiger partial charge on any atom is -0.452 e. The van der Waals surface area contributed by atoms with Crippen molar-refractivity contribution in [1.82, 2.24) is 9.97 Å². The smallest absolute Gasteiger partial charge is 0.180 e. The second-order valence-corrected chi connectivity index (χ2v) is 6.40. The Kier molecular flexibility index (Phi) is 3.32. The van der Waals surface area contributed by atoms with Crippen LogP contribution in [0.2, 0.25) is 0 Å². The average Bonchev–Trinajstić information content (AvgIpc) is 3.07. The largest absolute Gasteiger partial charge is 0.452 e. The van der Waals surface area contributed by atoms with Gasteiger partial charge in [-0.15, -0.1) is 0 Å². The van der Waals surface area contributed by atoms with Crippen LogP contribution in [0.5, 0.6) is 0 Å². The van der Waals surface area contributed by atoms with Gasteiger partial charge in [-0.2, -0.15) is 0 Å². The first-order chi connectivity index (χ1) is 12.8. The fourth-order valence-corrected chi connectivity index (χ4v) is 3.21. The van der Waals surface area contributed by atoms with Gasteiger partial charge >= 0.3 is 0 Å². The van der Waals surface area contributed by atoms with Gasteiger partial charge in [0.1, 0.15) is 16.8 Å². The van der Waals surface area contributed by atoms with Crippen molar-refractivity contribution in [1.29, 1.82) is 0 Å². The molecule has 0 radical (unpaired) electrons. The van der Waals surface area contributed by atoms with Gasteiger partial charge in [-0.3, -0.25) is 0 Å². The second-order valence-electron chi connectivity index (χ2n) is 6.40. The molecule has 0 aliphatic rings. The zero-order chi connectivity index (χ0) is 17.5. The second kappa shape index (κ2) is 5.81. The minimum absolute atomic E-state index is 0.711. The average molecular weight is 336 g/mol. The summed E-state index contributed by atoms with van der Waals surface area (Å²) in [6, 6.07) is 26.4. The molecular weight excluding hydrogens is 320 g/mol. The quantitative estimate of drug-likeness (QED) is 0.396. The van der Waals surface area contributed by atoms with E-state index in [1.165, 1.54) is 5.56 Å². The van der Waals surface area contributed by atoms with Gasteiger partial charge in [0.15, 0.2) is 11.4 Å². The van der Waals surface area contributed by atoms with Gasteiger partial charge in [0, 0.05) is 16.5 Å². The molecule has 5 aromatic rings. The van der Waals surface area contributed by atoms with Crippen molar-refractivity contribution in [3.63, 3.8) is 0 Å². The van der Waals surface area contributed by atoms with Crippen molar-refractivity contribution in [2.24, 2.45) is 0 Å². The van der Waals surface area contributed by atoms with Gasteiger partial charge in [-0.25, -0.2) is 9.97 Å². The van der Waals surface area contributed by atoms with E-state index in [9.17, 15) is 0 Å². The zero-order valence-electron chi connectivity index (χ0n) is 14.3. The van der Waals surface area contributed by atoms with Gasteiger partial charge < -0.3 is 4.42 Å². The van der Waals surface area contributed by atoms with Crippen molar-refractivity contribution in [2.75, 3.05) is 0 Å². The molecular formula is C23H16N2O. The fraction of sp³-hybridized carbons (Fsp3) is 0.0435. The summed E-state index contributed by atoms with van der Waals surface area (Å²) in [5, 5.41) is 1.01. The monoisotopic (exact) mass is 336 g/mol. The number of hydrogen-bond donors (Lipinski definition) is 0. The third-order valence-electron chi connectivity index (χ3n) is 4.58. The summed E-state index contributed by atoms with van der Waals surface area (Å²) in [6.45, 7) is 2.08. The molecule has 5 rings (SSSR count). The Hall–Kier alpha value is -3.46. The lowest BCUT2D eigenvalue weighted by Crippen LogP contribution is -1.93. The molecule has 0 spiro atoms. The van der Waals surface area contributed by atoms with Gasteiger partial charge in [-0.05, 0) is 19.1 Å². The van der Waals surface area contributed by atoms with Crippen molar-refractivity contribution < 1.29 is 4.42 Å². The van der Waals surface area contributed by atoms with E-state index in [1.807, 2.05) is 54.6 Å². The van der Waals surface area contributed by atoms with E-state index in [1.54, 1.807) is 0 Å². The van der Waals surface area contributed by atoms with Crippen molar-refractivity contribution >= 4 is 22.1 Å². The maximum atomic E-state index is 6.12. The molecule has 3 nitrogen and oxygen atoms in total. The van der Waals surface area contributed by atoms with Gasteiger partial charge in [0.2, 0.25) is 0 Å². The Labute approximate surface area is 151 Å². The summed E-state index contributed by atoms with van der Waals surface area (Å²) in [6.07, 6.45) is 0. The van der Waals surface area contributed by atoms with E-state index in [0.29, 0.717) is 5.82 Å². The predicted molar refractivity (Wildman–Crippen MR) is 105 cm³/mol. The molecule has 3 heteroatoms. The van der Waals surface area contributed by atoms with Crippen LogP contribution < -0.4 is 0 Å². The number of fused-ring (bicyclic) bond motifs is 3. The van der Waals surface area contributed by atoms with Crippen LogP contribution in [-0.2, 0) is 0 Å². The first kappa shape index (κ1) is 14.8. The Balaban J connectivity index is 1.87. The molecule has 0 bridgehead atoms. The summed E-state index contributed by atoms with van der Waals surface area (Å²) >= 11 is 0. The van der Waals surface area contributed by atoms with Crippen molar-refractivity contribution in [3.05, 3.63) is 84.4 Å². The molecule has 0 N–H and O–H groups in total. The predicted octanol–water partition coefficient (Wildman–Crippen LogP) is 6.02. The van der Waals surface area contributed by atoms with Gasteiger partial charge in [-0.1, -0.05) is 72.3 Å². The van der Waals surface area contributed by atoms with Crippen molar-refractivity contribution in [2.45, 2.75) is 6.92 Å². The minimum atomic E-state index is 0.711. The Morgan fingerprint density at radius 3 is 2.23 bits per heavy atom. The van der Waals surface area contributed by atoms with Crippen LogP contribution in [0.1, 0.15) is 5.56 Å². The summed E-state index contributed by atoms with van der Waals surface area (Å²) in [5.74, 6) is 0.711. The number of para-hydroxylation sites is 1. The number of rotatable bonds is 2. The van der Waals surface area contributed by atoms with Crippen LogP contribution in [0.25, 0.3) is 44.7 Å². The lowest BCUT2D eigenvalue weighted by Gasteiger charge is -2.06. The molecule has 0 fully saturated rings. The third kappa shape index (κ3) is 2.37. The molecule has 0 saturated carbocycles. The molecule has 0 saturated heterocycles. The SMILES string of the molecule is Cc1ccc(-c2nc(-c3ccccc3)c3oc4ccccc4c3n2)cc1. The Morgan fingerprint density at radius 2 is 1.42 bits per heavy atom. The highest BCUT2D eigenvalue weighted by Gasteiger charge is 2.17. The first-order valence-electron chi connectivity index (χ1n) is 8.61. The number of benzene rings is 3. The van der Waals surface area contributed by atoms with Crippen LogP contribution in [0, 0.1) is 6.92 Å². The molecule has 2 heterocycles. The molecule has 0 aliphatic carbocycles. The standard InChI is InChI=1S/C23H16N2O/c1-15-11-13-17(14-12-15)23-24-20(16-7-3-2-4-8-16)22-21(25-23)18-9-5-6-10-19(18)26-22/h2-14H,1H3. The number of aryl methyl sites for hydroxylation is 1. The normalized spacial score (nSPS) is 11.3. The molecule has 0 unspecified atom stereocenters. The highest BCUT2D eigenvalue weighted by molar-refractivity contribution is 6.07. The van der Waals surface area contributed by atoms with Crippen molar-refractivity contribution in [3.8, 4) is 22.6 Å². The number of aromatic nitrogens is 2. The van der Waals surface area contributed by atoms with Gasteiger partial charge in [0.25, 0.3) is 0 Å². The molecule has 2 aromatic heterocycles. The topological polar surface area (TPSA) is 38.9 Å². The number of hydrogen-bond acceptors (Lipinski definition) is 3. The number of nitrogens with zero attached hydrogens (tertiary/aromatic N) is 2. The van der Waals surface area contributed by atoms with E-state index in [-0.39, 0.29) is 0 Å². The zero-order valence-corrected chi connectivity index (χ0v) is 14.3. The Morgan fingerprint density at radius 1 is 0.692 bits per heavy atom. The van der Waals surface area contributed by atoms with Crippen LogP contribution in [0.3, 0.4) is 0 Å². The van der Waals surface area contributed by atoms with E-state index in [4.69, 9.17) is 14.4 Å². The van der Waals surface area contributed by atoms with Crippen LogP contribution in [0.4, 0.5) is 0 Å². The maximum absolute atomic E-state index is 6.12. The van der Waals surface area contributed by atoms with E-state index >= 15 is 0 Å². The summed E-state index contributed by atoms with van der Waals surface area (Å²) in [4.78, 5) is 9.71. The van der Waals surface area contributed by atoms with E-state index < -0.39 is 0 Å². The highest BCUT2D eigenvalue weighted by atomic mass is 16.3. The highest BCUT2D eigenvalue weighted by Crippen LogP contribution is 2.35. The van der Waals surface area contributed by atoms with Gasteiger partial charge in [0.05, 0.1) is 0 Å². The first-order valence-corrected chi connectivity index (χ1v) is 8.61. The molecule has 0 amide bonds. The van der Waals surface area contributed by atoms with E-state index in [2.05, 4.69) is 31.2 Å². The lowest BCUT2D eigenvalue weighted by atomic mass is 10.1. The summed E-state index contributed by atoms with van der Waals surface area (Å²) < 4.78 is 6.12. The molecule has 3 aromatic carbocycles. The third-order valence-corrected chi connectivity index (χ3v) is 4.58. The molecule has 124 valence electrons.